The van der Waals surface area contributed by atoms with Crippen molar-refractivity contribution in [3.8, 4) is 5.75 Å². The number of ether oxygens (including phenoxy) is 2. The normalized spacial score (nSPS) is 13.6. The molecule has 1 aromatic rings. The lowest BCUT2D eigenvalue weighted by Crippen LogP contribution is -2.46. The van der Waals surface area contributed by atoms with E-state index in [4.69, 9.17) is 15.2 Å². The zero-order chi connectivity index (χ0) is 15.0. The summed E-state index contributed by atoms with van der Waals surface area (Å²) in [6.07, 6.45) is 2.29. The second-order valence-electron chi connectivity index (χ2n) is 5.26. The molecular formula is C16H25NO3. The molecule has 112 valence electrons. The maximum absolute atomic E-state index is 11.6. The maximum Gasteiger partial charge on any atom is 0.325 e. The lowest BCUT2D eigenvalue weighted by atomic mass is 9.96. The van der Waals surface area contributed by atoms with E-state index in [1.165, 1.54) is 5.56 Å². The van der Waals surface area contributed by atoms with Gasteiger partial charge < -0.3 is 15.2 Å². The first-order valence-electron chi connectivity index (χ1n) is 7.11. The van der Waals surface area contributed by atoms with Crippen LogP contribution in [-0.2, 0) is 9.53 Å². The number of hydrogen-bond donors (Lipinski definition) is 1. The summed E-state index contributed by atoms with van der Waals surface area (Å²) in [5.41, 5.74) is 6.22. The Morgan fingerprint density at radius 2 is 2.10 bits per heavy atom. The lowest BCUT2D eigenvalue weighted by Gasteiger charge is -2.21. The molecule has 20 heavy (non-hydrogen) atoms. The standard InChI is InChI=1S/C16H25NO3/c1-4-19-15(18)16(3,17)10-5-6-11-20-14-9-7-8-13(2)12-14/h7-9,12H,4-6,10-11,17H2,1-3H3. The number of carbonyl (C=O) groups excluding carboxylic acids is 1. The SMILES string of the molecule is CCOC(=O)C(C)(N)CCCCOc1cccc(C)c1. The largest absolute Gasteiger partial charge is 0.494 e. The van der Waals surface area contributed by atoms with Gasteiger partial charge in [0.15, 0.2) is 0 Å². The van der Waals surface area contributed by atoms with Gasteiger partial charge >= 0.3 is 5.97 Å². The Morgan fingerprint density at radius 3 is 2.75 bits per heavy atom. The Hall–Kier alpha value is -1.55. The van der Waals surface area contributed by atoms with Crippen molar-refractivity contribution >= 4 is 5.97 Å². The third-order valence-electron chi connectivity index (χ3n) is 3.09. The van der Waals surface area contributed by atoms with E-state index in [1.807, 2.05) is 31.2 Å². The van der Waals surface area contributed by atoms with Gasteiger partial charge in [0.1, 0.15) is 11.3 Å². The molecule has 0 spiro atoms. The van der Waals surface area contributed by atoms with E-state index in [2.05, 4.69) is 0 Å². The van der Waals surface area contributed by atoms with E-state index in [0.29, 0.717) is 19.6 Å². The van der Waals surface area contributed by atoms with Crippen LogP contribution in [0.1, 0.15) is 38.7 Å². The molecule has 0 saturated carbocycles. The number of esters is 1. The van der Waals surface area contributed by atoms with Gasteiger partial charge in [-0.25, -0.2) is 0 Å². The molecule has 0 bridgehead atoms. The smallest absolute Gasteiger partial charge is 0.325 e. The van der Waals surface area contributed by atoms with E-state index < -0.39 is 5.54 Å². The Balaban J connectivity index is 2.23. The molecule has 0 aromatic heterocycles. The van der Waals surface area contributed by atoms with E-state index in [-0.39, 0.29) is 5.97 Å². The van der Waals surface area contributed by atoms with E-state index >= 15 is 0 Å². The highest BCUT2D eigenvalue weighted by Gasteiger charge is 2.28. The third kappa shape index (κ3) is 5.61. The van der Waals surface area contributed by atoms with Gasteiger partial charge in [0.2, 0.25) is 0 Å². The first-order chi connectivity index (χ1) is 9.45. The number of carbonyl (C=O) groups is 1. The summed E-state index contributed by atoms with van der Waals surface area (Å²) in [4.78, 5) is 11.6. The second-order valence-corrected chi connectivity index (χ2v) is 5.26. The van der Waals surface area contributed by atoms with Crippen molar-refractivity contribution < 1.29 is 14.3 Å². The summed E-state index contributed by atoms with van der Waals surface area (Å²) >= 11 is 0. The molecule has 0 aliphatic rings. The topological polar surface area (TPSA) is 61.5 Å². The molecule has 1 atom stereocenters. The van der Waals surface area contributed by atoms with Crippen LogP contribution in [0.15, 0.2) is 24.3 Å². The first kappa shape index (κ1) is 16.5. The Labute approximate surface area is 121 Å². The number of hydrogen-bond acceptors (Lipinski definition) is 4. The molecule has 4 nitrogen and oxygen atoms in total. The van der Waals surface area contributed by atoms with Gasteiger partial charge in [0.25, 0.3) is 0 Å². The minimum Gasteiger partial charge on any atom is -0.494 e. The van der Waals surface area contributed by atoms with Crippen LogP contribution in [0, 0.1) is 6.92 Å². The van der Waals surface area contributed by atoms with Crippen molar-refractivity contribution in [2.75, 3.05) is 13.2 Å². The molecule has 0 amide bonds. The van der Waals surface area contributed by atoms with Gasteiger partial charge in [-0.3, -0.25) is 4.79 Å². The van der Waals surface area contributed by atoms with Gasteiger partial charge in [-0.15, -0.1) is 0 Å². The fourth-order valence-electron chi connectivity index (χ4n) is 1.89. The third-order valence-corrected chi connectivity index (χ3v) is 3.09. The molecule has 1 aromatic carbocycles. The minimum atomic E-state index is -0.903. The molecule has 0 aliphatic heterocycles. The number of benzene rings is 1. The number of nitrogens with two attached hydrogens (primary N) is 1. The van der Waals surface area contributed by atoms with Crippen LogP contribution in [0.4, 0.5) is 0 Å². The van der Waals surface area contributed by atoms with Crippen LogP contribution < -0.4 is 10.5 Å². The van der Waals surface area contributed by atoms with Crippen LogP contribution in [-0.4, -0.2) is 24.7 Å². The van der Waals surface area contributed by atoms with Crippen LogP contribution in [0.3, 0.4) is 0 Å². The zero-order valence-electron chi connectivity index (χ0n) is 12.6. The van der Waals surface area contributed by atoms with Gasteiger partial charge in [-0.05, 0) is 57.7 Å². The van der Waals surface area contributed by atoms with Crippen LogP contribution in [0.25, 0.3) is 0 Å². The highest BCUT2D eigenvalue weighted by molar-refractivity contribution is 5.79. The van der Waals surface area contributed by atoms with Crippen molar-refractivity contribution in [1.29, 1.82) is 0 Å². The molecule has 1 rings (SSSR count). The van der Waals surface area contributed by atoms with Gasteiger partial charge in [0.05, 0.1) is 13.2 Å². The molecule has 0 heterocycles. The fourth-order valence-corrected chi connectivity index (χ4v) is 1.89. The summed E-state index contributed by atoms with van der Waals surface area (Å²) < 4.78 is 10.6. The van der Waals surface area contributed by atoms with Crippen molar-refractivity contribution in [2.24, 2.45) is 5.73 Å². The van der Waals surface area contributed by atoms with E-state index in [1.54, 1.807) is 13.8 Å². The zero-order valence-corrected chi connectivity index (χ0v) is 12.6. The van der Waals surface area contributed by atoms with Crippen molar-refractivity contribution in [3.63, 3.8) is 0 Å². The molecule has 1 unspecified atom stereocenters. The Kier molecular flexibility index (Phi) is 6.52. The van der Waals surface area contributed by atoms with Crippen molar-refractivity contribution in [1.82, 2.24) is 0 Å². The predicted octanol–water partition coefficient (Wildman–Crippen LogP) is 2.82. The van der Waals surface area contributed by atoms with Crippen molar-refractivity contribution in [2.45, 2.75) is 45.6 Å². The second kappa shape index (κ2) is 7.90. The number of unbranched alkanes of at least 4 members (excludes halogenated alkanes) is 1. The predicted molar refractivity (Wildman–Crippen MR) is 79.8 cm³/mol. The van der Waals surface area contributed by atoms with Crippen LogP contribution in [0.2, 0.25) is 0 Å². The number of rotatable bonds is 8. The van der Waals surface area contributed by atoms with Crippen molar-refractivity contribution in [3.05, 3.63) is 29.8 Å². The summed E-state index contributed by atoms with van der Waals surface area (Å²) in [6, 6.07) is 7.96. The first-order valence-corrected chi connectivity index (χ1v) is 7.11. The fraction of sp³-hybridized carbons (Fsp3) is 0.562. The summed E-state index contributed by atoms with van der Waals surface area (Å²) in [7, 11) is 0. The highest BCUT2D eigenvalue weighted by Crippen LogP contribution is 2.15. The summed E-state index contributed by atoms with van der Waals surface area (Å²) in [5.74, 6) is 0.547. The summed E-state index contributed by atoms with van der Waals surface area (Å²) in [6.45, 7) is 6.52. The lowest BCUT2D eigenvalue weighted by molar-refractivity contribution is -0.149. The molecular weight excluding hydrogens is 254 g/mol. The Morgan fingerprint density at radius 1 is 1.35 bits per heavy atom. The molecule has 0 aliphatic carbocycles. The van der Waals surface area contributed by atoms with Crippen LogP contribution >= 0.6 is 0 Å². The maximum atomic E-state index is 11.6. The molecule has 2 N–H and O–H groups in total. The van der Waals surface area contributed by atoms with E-state index in [0.717, 1.165) is 18.6 Å². The molecule has 0 radical (unpaired) electrons. The van der Waals surface area contributed by atoms with Crippen LogP contribution in [0.5, 0.6) is 5.75 Å². The summed E-state index contributed by atoms with van der Waals surface area (Å²) in [5, 5.41) is 0. The average Bonchev–Trinajstić information content (AvgIpc) is 2.38. The van der Waals surface area contributed by atoms with Gasteiger partial charge in [0, 0.05) is 0 Å². The highest BCUT2D eigenvalue weighted by atomic mass is 16.5. The molecule has 0 saturated heterocycles. The average molecular weight is 279 g/mol. The van der Waals surface area contributed by atoms with Gasteiger partial charge in [-0.2, -0.15) is 0 Å². The van der Waals surface area contributed by atoms with E-state index in [9.17, 15) is 4.79 Å². The molecule has 4 heteroatoms. The van der Waals surface area contributed by atoms with Gasteiger partial charge in [-0.1, -0.05) is 12.1 Å². The molecule has 0 fully saturated rings. The quantitative estimate of drug-likeness (QED) is 0.587. The number of aryl methyl sites for hydroxylation is 1. The Bertz CT molecular complexity index is 429. The monoisotopic (exact) mass is 279 g/mol. The minimum absolute atomic E-state index is 0.334.